The summed E-state index contributed by atoms with van der Waals surface area (Å²) in [6.07, 6.45) is 5.45. The Hall–Kier alpha value is -1.32. The zero-order valence-corrected chi connectivity index (χ0v) is 12.9. The highest BCUT2D eigenvalue weighted by molar-refractivity contribution is 9.10. The smallest absolute Gasteiger partial charge is 0.185 e. The summed E-state index contributed by atoms with van der Waals surface area (Å²) in [4.78, 5) is 13.2. The molecule has 0 saturated carbocycles. The number of benzene rings is 2. The molecule has 0 aliphatic heterocycles. The normalized spacial score (nSPS) is 10.8. The van der Waals surface area contributed by atoms with Crippen LogP contribution in [0.2, 0.25) is 0 Å². The Morgan fingerprint density at radius 1 is 1.16 bits per heavy atom. The van der Waals surface area contributed by atoms with E-state index >= 15 is 0 Å². The first kappa shape index (κ1) is 14.1. The van der Waals surface area contributed by atoms with Crippen molar-refractivity contribution in [3.8, 4) is 0 Å². The first-order valence-corrected chi connectivity index (χ1v) is 7.83. The van der Waals surface area contributed by atoms with Gasteiger partial charge in [0.25, 0.3) is 0 Å². The fourth-order valence-corrected chi connectivity index (χ4v) is 2.46. The quantitative estimate of drug-likeness (QED) is 0.442. The van der Waals surface area contributed by atoms with Gasteiger partial charge in [0.2, 0.25) is 0 Å². The minimum absolute atomic E-state index is 0.0210. The van der Waals surface area contributed by atoms with Gasteiger partial charge >= 0.3 is 0 Å². The lowest BCUT2D eigenvalue weighted by Gasteiger charge is -1.98. The predicted octanol–water partition coefficient (Wildman–Crippen LogP) is 5.07. The third-order valence-electron chi connectivity index (χ3n) is 2.65. The molecule has 0 bridgehead atoms. The molecule has 0 aliphatic carbocycles. The minimum atomic E-state index is 0.0210. The standard InChI is InChI=1S/C16H13BrOS/c1-19-15-8-6-13(7-9-15)16(18)10-5-12-3-2-4-14(17)11-12/h2-11H,1H3/b10-5+. The summed E-state index contributed by atoms with van der Waals surface area (Å²) in [5, 5.41) is 0. The molecular formula is C16H13BrOS. The molecule has 0 atom stereocenters. The molecule has 0 saturated heterocycles. The summed E-state index contributed by atoms with van der Waals surface area (Å²) in [6, 6.07) is 15.5. The highest BCUT2D eigenvalue weighted by atomic mass is 79.9. The molecular weight excluding hydrogens is 320 g/mol. The van der Waals surface area contributed by atoms with Crippen LogP contribution in [0.25, 0.3) is 6.08 Å². The number of ketones is 1. The van der Waals surface area contributed by atoms with Gasteiger partial charge in [0.05, 0.1) is 0 Å². The predicted molar refractivity (Wildman–Crippen MR) is 85.7 cm³/mol. The average Bonchev–Trinajstić information content (AvgIpc) is 2.45. The van der Waals surface area contributed by atoms with Crippen LogP contribution in [0.1, 0.15) is 15.9 Å². The molecule has 0 aliphatic rings. The van der Waals surface area contributed by atoms with Gasteiger partial charge < -0.3 is 0 Å². The Labute approximate surface area is 125 Å². The van der Waals surface area contributed by atoms with Crippen molar-refractivity contribution in [2.45, 2.75) is 4.90 Å². The van der Waals surface area contributed by atoms with E-state index in [0.717, 1.165) is 14.9 Å². The number of carbonyl (C=O) groups is 1. The molecule has 2 aromatic carbocycles. The van der Waals surface area contributed by atoms with Crippen molar-refractivity contribution in [1.82, 2.24) is 0 Å². The Morgan fingerprint density at radius 3 is 2.53 bits per heavy atom. The number of hydrogen-bond acceptors (Lipinski definition) is 2. The minimum Gasteiger partial charge on any atom is -0.289 e. The van der Waals surface area contributed by atoms with E-state index in [9.17, 15) is 4.79 Å². The van der Waals surface area contributed by atoms with Crippen molar-refractivity contribution in [2.75, 3.05) is 6.26 Å². The van der Waals surface area contributed by atoms with Crippen molar-refractivity contribution in [3.63, 3.8) is 0 Å². The average molecular weight is 333 g/mol. The molecule has 3 heteroatoms. The largest absolute Gasteiger partial charge is 0.289 e. The molecule has 0 radical (unpaired) electrons. The number of rotatable bonds is 4. The molecule has 0 fully saturated rings. The van der Waals surface area contributed by atoms with Crippen LogP contribution in [-0.4, -0.2) is 12.0 Å². The van der Waals surface area contributed by atoms with E-state index in [2.05, 4.69) is 15.9 Å². The van der Waals surface area contributed by atoms with Crippen LogP contribution in [-0.2, 0) is 0 Å². The zero-order chi connectivity index (χ0) is 13.7. The van der Waals surface area contributed by atoms with E-state index in [1.165, 1.54) is 0 Å². The van der Waals surface area contributed by atoms with Crippen LogP contribution in [0.15, 0.2) is 64.0 Å². The van der Waals surface area contributed by atoms with E-state index in [0.29, 0.717) is 5.56 Å². The first-order valence-electron chi connectivity index (χ1n) is 5.81. The van der Waals surface area contributed by atoms with Gasteiger partial charge in [-0.1, -0.05) is 34.1 Å². The van der Waals surface area contributed by atoms with Gasteiger partial charge in [-0.2, -0.15) is 0 Å². The van der Waals surface area contributed by atoms with Crippen LogP contribution in [0.3, 0.4) is 0 Å². The Balaban J connectivity index is 2.11. The summed E-state index contributed by atoms with van der Waals surface area (Å²) >= 11 is 5.08. The van der Waals surface area contributed by atoms with Crippen LogP contribution in [0.4, 0.5) is 0 Å². The highest BCUT2D eigenvalue weighted by Gasteiger charge is 2.01. The number of halogens is 1. The summed E-state index contributed by atoms with van der Waals surface area (Å²) in [5.74, 6) is 0.0210. The lowest BCUT2D eigenvalue weighted by Crippen LogP contribution is -1.93. The van der Waals surface area contributed by atoms with Gasteiger partial charge in [0.15, 0.2) is 5.78 Å². The maximum absolute atomic E-state index is 12.0. The number of thioether (sulfide) groups is 1. The molecule has 0 unspecified atom stereocenters. The van der Waals surface area contributed by atoms with E-state index < -0.39 is 0 Å². The van der Waals surface area contributed by atoms with Crippen molar-refractivity contribution < 1.29 is 4.79 Å². The van der Waals surface area contributed by atoms with Crippen LogP contribution in [0, 0.1) is 0 Å². The van der Waals surface area contributed by atoms with E-state index in [1.54, 1.807) is 17.8 Å². The van der Waals surface area contributed by atoms with Crippen LogP contribution in [0.5, 0.6) is 0 Å². The van der Waals surface area contributed by atoms with Crippen LogP contribution >= 0.6 is 27.7 Å². The van der Waals surface area contributed by atoms with Gasteiger partial charge in [-0.25, -0.2) is 0 Å². The molecule has 96 valence electrons. The monoisotopic (exact) mass is 332 g/mol. The summed E-state index contributed by atoms with van der Waals surface area (Å²) in [5.41, 5.74) is 1.72. The summed E-state index contributed by atoms with van der Waals surface area (Å²) < 4.78 is 1.01. The second-order valence-electron chi connectivity index (χ2n) is 3.98. The lowest BCUT2D eigenvalue weighted by molar-refractivity contribution is 0.104. The zero-order valence-electron chi connectivity index (χ0n) is 10.5. The number of hydrogen-bond donors (Lipinski definition) is 0. The molecule has 19 heavy (non-hydrogen) atoms. The molecule has 0 N–H and O–H groups in total. The molecule has 0 amide bonds. The van der Waals surface area contributed by atoms with Gasteiger partial charge in [0, 0.05) is 14.9 Å². The summed E-state index contributed by atoms with van der Waals surface area (Å²) in [6.45, 7) is 0. The number of carbonyl (C=O) groups excluding carboxylic acids is 1. The molecule has 1 nitrogen and oxygen atoms in total. The van der Waals surface area contributed by atoms with E-state index in [1.807, 2.05) is 60.9 Å². The summed E-state index contributed by atoms with van der Waals surface area (Å²) in [7, 11) is 0. The third-order valence-corrected chi connectivity index (χ3v) is 3.89. The number of allylic oxidation sites excluding steroid dienone is 1. The van der Waals surface area contributed by atoms with Gasteiger partial charge in [-0.15, -0.1) is 11.8 Å². The maximum atomic E-state index is 12.0. The molecule has 0 aromatic heterocycles. The van der Waals surface area contributed by atoms with Crippen LogP contribution < -0.4 is 0 Å². The van der Waals surface area contributed by atoms with Crippen molar-refractivity contribution in [2.24, 2.45) is 0 Å². The second-order valence-corrected chi connectivity index (χ2v) is 5.78. The Bertz CT molecular complexity index is 602. The Kier molecular flexibility index (Phi) is 5.00. The Morgan fingerprint density at radius 2 is 1.89 bits per heavy atom. The second kappa shape index (κ2) is 6.73. The fourth-order valence-electron chi connectivity index (χ4n) is 1.63. The SMILES string of the molecule is CSc1ccc(C(=O)/C=C/c2cccc(Br)c2)cc1. The first-order chi connectivity index (χ1) is 9.19. The third kappa shape index (κ3) is 4.08. The lowest BCUT2D eigenvalue weighted by atomic mass is 10.1. The highest BCUT2D eigenvalue weighted by Crippen LogP contribution is 2.16. The molecule has 0 spiro atoms. The topological polar surface area (TPSA) is 17.1 Å². The maximum Gasteiger partial charge on any atom is 0.185 e. The van der Waals surface area contributed by atoms with Crippen molar-refractivity contribution in [1.29, 1.82) is 0 Å². The van der Waals surface area contributed by atoms with Crippen molar-refractivity contribution >= 4 is 39.6 Å². The van der Waals surface area contributed by atoms with Crippen molar-refractivity contribution in [3.05, 3.63) is 70.2 Å². The van der Waals surface area contributed by atoms with Gasteiger partial charge in [-0.05, 0) is 54.3 Å². The molecule has 0 heterocycles. The van der Waals surface area contributed by atoms with Gasteiger partial charge in [-0.3, -0.25) is 4.79 Å². The van der Waals surface area contributed by atoms with E-state index in [-0.39, 0.29) is 5.78 Å². The fraction of sp³-hybridized carbons (Fsp3) is 0.0625. The molecule has 2 aromatic rings. The molecule has 2 rings (SSSR count). The van der Waals surface area contributed by atoms with E-state index in [4.69, 9.17) is 0 Å². The van der Waals surface area contributed by atoms with Gasteiger partial charge in [0.1, 0.15) is 0 Å².